The number of carbonyl (C=O) groups is 2. The van der Waals surface area contributed by atoms with E-state index < -0.39 is 0 Å². The predicted octanol–water partition coefficient (Wildman–Crippen LogP) is 4.39. The molecule has 9 heteroatoms. The van der Waals surface area contributed by atoms with Crippen molar-refractivity contribution in [3.8, 4) is 5.75 Å². The van der Waals surface area contributed by atoms with Crippen LogP contribution >= 0.6 is 0 Å². The van der Waals surface area contributed by atoms with E-state index in [1.807, 2.05) is 66.7 Å². The van der Waals surface area contributed by atoms with Gasteiger partial charge in [-0.05, 0) is 53.1 Å². The van der Waals surface area contributed by atoms with Crippen molar-refractivity contribution in [3.05, 3.63) is 137 Å². The Bertz CT molecular complexity index is 1420. The van der Waals surface area contributed by atoms with E-state index in [4.69, 9.17) is 26.4 Å². The fourth-order valence-electron chi connectivity index (χ4n) is 3.85. The maximum absolute atomic E-state index is 12.1. The number of nitrogens with two attached hydrogens (primary N) is 2. The summed E-state index contributed by atoms with van der Waals surface area (Å²) < 4.78 is 10.6. The lowest BCUT2D eigenvalue weighted by Gasteiger charge is -2.08. The third kappa shape index (κ3) is 11.4. The Morgan fingerprint density at radius 3 is 1.67 bits per heavy atom. The van der Waals surface area contributed by atoms with Gasteiger partial charge in [0.25, 0.3) is 11.8 Å². The third-order valence-corrected chi connectivity index (χ3v) is 6.34. The Hall–Kier alpha value is -4.99. The van der Waals surface area contributed by atoms with E-state index in [0.29, 0.717) is 49.5 Å². The van der Waals surface area contributed by atoms with Crippen LogP contribution in [0.15, 0.2) is 103 Å². The first kappa shape index (κ1) is 32.5. The monoisotopic (exact) mass is 581 g/mol. The molecule has 0 spiro atoms. The molecular weight excluding hydrogens is 542 g/mol. The van der Waals surface area contributed by atoms with Crippen molar-refractivity contribution in [1.82, 2.24) is 10.6 Å². The summed E-state index contributed by atoms with van der Waals surface area (Å²) in [6.45, 7) is 2.75. The van der Waals surface area contributed by atoms with Gasteiger partial charge in [-0.1, -0.05) is 66.7 Å². The average molecular weight is 582 g/mol. The second kappa shape index (κ2) is 17.7. The topological polar surface area (TPSA) is 153 Å². The van der Waals surface area contributed by atoms with E-state index in [0.717, 1.165) is 28.9 Å². The largest absolute Gasteiger partial charge is 0.494 e. The Labute approximate surface area is 252 Å². The van der Waals surface area contributed by atoms with Gasteiger partial charge in [-0.25, -0.2) is 0 Å². The molecule has 4 rings (SSSR count). The lowest BCUT2D eigenvalue weighted by molar-refractivity contribution is 0.0943. The van der Waals surface area contributed by atoms with Gasteiger partial charge in [0, 0.05) is 56.5 Å². The van der Waals surface area contributed by atoms with Gasteiger partial charge in [0.05, 0.1) is 6.61 Å². The number of hydrogen-bond donors (Lipinski definition) is 5. The molecule has 7 N–H and O–H groups in total. The van der Waals surface area contributed by atoms with Crippen LogP contribution in [-0.4, -0.2) is 38.0 Å². The second-order valence-corrected chi connectivity index (χ2v) is 9.58. The van der Waals surface area contributed by atoms with Crippen LogP contribution in [0.3, 0.4) is 0 Å². The molecular formula is C34H39N5O4. The highest BCUT2D eigenvalue weighted by Gasteiger charge is 2.07. The number of amidine groups is 1. The average Bonchev–Trinajstić information content (AvgIpc) is 3.06. The number of nitrogen functional groups attached to an aromatic ring is 1. The number of benzene rings is 4. The Morgan fingerprint density at radius 2 is 1.16 bits per heavy atom. The minimum absolute atomic E-state index is 0.0171. The SMILES string of the molecule is COCCCOc1ccc(CNC(=O)c2ccc(C(=N)N)cc2)cc1.NCc1ccc(C(=O)NCc2ccccc2)cc1. The first-order valence-electron chi connectivity index (χ1n) is 13.9. The normalized spacial score (nSPS) is 10.2. The second-order valence-electron chi connectivity index (χ2n) is 9.58. The van der Waals surface area contributed by atoms with Crippen LogP contribution in [0.5, 0.6) is 5.75 Å². The predicted molar refractivity (Wildman–Crippen MR) is 169 cm³/mol. The molecule has 43 heavy (non-hydrogen) atoms. The Kier molecular flexibility index (Phi) is 13.4. The molecule has 0 unspecified atom stereocenters. The molecule has 0 radical (unpaired) electrons. The Morgan fingerprint density at radius 1 is 0.674 bits per heavy atom. The highest BCUT2D eigenvalue weighted by molar-refractivity contribution is 5.98. The van der Waals surface area contributed by atoms with Gasteiger partial charge in [0.15, 0.2) is 0 Å². The molecule has 0 aliphatic heterocycles. The van der Waals surface area contributed by atoms with Crippen LogP contribution in [0.25, 0.3) is 0 Å². The van der Waals surface area contributed by atoms with Crippen molar-refractivity contribution < 1.29 is 19.1 Å². The van der Waals surface area contributed by atoms with Gasteiger partial charge in [-0.15, -0.1) is 0 Å². The molecule has 2 amide bonds. The highest BCUT2D eigenvalue weighted by atomic mass is 16.5. The summed E-state index contributed by atoms with van der Waals surface area (Å²) in [6, 6.07) is 31.4. The maximum atomic E-state index is 12.1. The van der Waals surface area contributed by atoms with E-state index >= 15 is 0 Å². The van der Waals surface area contributed by atoms with Crippen molar-refractivity contribution in [2.24, 2.45) is 11.5 Å². The molecule has 0 saturated heterocycles. The number of nitrogens with one attached hydrogen (secondary N) is 3. The summed E-state index contributed by atoms with van der Waals surface area (Å²) in [5, 5.41) is 13.1. The van der Waals surface area contributed by atoms with Gasteiger partial charge in [0.2, 0.25) is 0 Å². The van der Waals surface area contributed by atoms with Crippen molar-refractivity contribution in [1.29, 1.82) is 5.41 Å². The molecule has 0 bridgehead atoms. The number of ether oxygens (including phenoxy) is 2. The zero-order valence-electron chi connectivity index (χ0n) is 24.3. The van der Waals surface area contributed by atoms with Crippen LogP contribution in [0, 0.1) is 5.41 Å². The van der Waals surface area contributed by atoms with Crippen molar-refractivity contribution in [2.45, 2.75) is 26.1 Å². The highest BCUT2D eigenvalue weighted by Crippen LogP contribution is 2.13. The molecule has 0 aliphatic rings. The summed E-state index contributed by atoms with van der Waals surface area (Å²) in [6.07, 6.45) is 0.844. The lowest BCUT2D eigenvalue weighted by atomic mass is 10.1. The van der Waals surface area contributed by atoms with Crippen LogP contribution < -0.4 is 26.8 Å². The van der Waals surface area contributed by atoms with Gasteiger partial charge >= 0.3 is 0 Å². The molecule has 9 nitrogen and oxygen atoms in total. The van der Waals surface area contributed by atoms with E-state index in [-0.39, 0.29) is 17.6 Å². The van der Waals surface area contributed by atoms with Crippen molar-refractivity contribution in [3.63, 3.8) is 0 Å². The van der Waals surface area contributed by atoms with E-state index in [9.17, 15) is 9.59 Å². The molecule has 0 atom stereocenters. The summed E-state index contributed by atoms with van der Waals surface area (Å²) >= 11 is 0. The molecule has 4 aromatic carbocycles. The minimum atomic E-state index is -0.171. The van der Waals surface area contributed by atoms with E-state index in [1.54, 1.807) is 43.5 Å². The first-order valence-corrected chi connectivity index (χ1v) is 13.9. The summed E-state index contributed by atoms with van der Waals surface area (Å²) in [4.78, 5) is 24.0. The van der Waals surface area contributed by atoms with Crippen molar-refractivity contribution >= 4 is 17.6 Å². The van der Waals surface area contributed by atoms with Crippen LogP contribution in [0.4, 0.5) is 0 Å². The molecule has 0 aromatic heterocycles. The summed E-state index contributed by atoms with van der Waals surface area (Å²) in [5.74, 6) is 0.542. The molecule has 0 fully saturated rings. The number of carbonyl (C=O) groups excluding carboxylic acids is 2. The smallest absolute Gasteiger partial charge is 0.251 e. The van der Waals surface area contributed by atoms with E-state index in [2.05, 4.69) is 10.6 Å². The summed E-state index contributed by atoms with van der Waals surface area (Å²) in [5.41, 5.74) is 15.8. The summed E-state index contributed by atoms with van der Waals surface area (Å²) in [7, 11) is 1.67. The molecule has 224 valence electrons. The van der Waals surface area contributed by atoms with Gasteiger partial charge < -0.3 is 31.6 Å². The zero-order valence-corrected chi connectivity index (χ0v) is 24.3. The number of hydrogen-bond acceptors (Lipinski definition) is 6. The van der Waals surface area contributed by atoms with Crippen LogP contribution in [0.2, 0.25) is 0 Å². The number of amides is 2. The van der Waals surface area contributed by atoms with Gasteiger partial charge in [0.1, 0.15) is 11.6 Å². The molecule has 0 aliphatic carbocycles. The lowest BCUT2D eigenvalue weighted by Crippen LogP contribution is -2.23. The quantitative estimate of drug-likeness (QED) is 0.0897. The number of methoxy groups -OCH3 is 1. The third-order valence-electron chi connectivity index (χ3n) is 6.34. The fraction of sp³-hybridized carbons (Fsp3) is 0.206. The fourth-order valence-corrected chi connectivity index (χ4v) is 3.85. The maximum Gasteiger partial charge on any atom is 0.251 e. The standard InChI is InChI=1S/C19H23N3O3.C15H16N2O/c1-24-11-2-12-25-17-9-3-14(4-10-17)13-22-19(23)16-7-5-15(6-8-16)18(20)21;16-10-12-6-8-14(9-7-12)15(18)17-11-13-4-2-1-3-5-13/h3-10H,2,11-13H2,1H3,(H3,20,21)(H,22,23);1-9H,10-11,16H2,(H,17,18). The number of rotatable bonds is 13. The minimum Gasteiger partial charge on any atom is -0.494 e. The van der Waals surface area contributed by atoms with E-state index in [1.165, 1.54) is 0 Å². The molecule has 0 saturated carbocycles. The van der Waals surface area contributed by atoms with Gasteiger partial charge in [-0.2, -0.15) is 0 Å². The van der Waals surface area contributed by atoms with Crippen molar-refractivity contribution in [2.75, 3.05) is 20.3 Å². The van der Waals surface area contributed by atoms with Gasteiger partial charge in [-0.3, -0.25) is 15.0 Å². The van der Waals surface area contributed by atoms with Crippen LogP contribution in [-0.2, 0) is 24.4 Å². The zero-order chi connectivity index (χ0) is 30.9. The Balaban J connectivity index is 0.000000248. The van der Waals surface area contributed by atoms with Crippen LogP contribution in [0.1, 0.15) is 49.4 Å². The first-order chi connectivity index (χ1) is 20.9. The molecule has 4 aromatic rings. The molecule has 0 heterocycles.